The van der Waals surface area contributed by atoms with Crippen LogP contribution >= 0.6 is 11.3 Å². The second kappa shape index (κ2) is 12.8. The molecule has 1 aromatic heterocycles. The molecule has 0 fully saturated rings. The van der Waals surface area contributed by atoms with Gasteiger partial charge in [0.05, 0.1) is 17.3 Å². The molecule has 9 heteroatoms. The normalized spacial score (nSPS) is 13.7. The van der Waals surface area contributed by atoms with Gasteiger partial charge in [-0.3, -0.25) is 24.7 Å². The lowest BCUT2D eigenvalue weighted by atomic mass is 9.99. The van der Waals surface area contributed by atoms with E-state index in [1.807, 2.05) is 60.7 Å². The molecule has 1 aliphatic heterocycles. The predicted molar refractivity (Wildman–Crippen MR) is 145 cm³/mol. The lowest BCUT2D eigenvalue weighted by Crippen LogP contribution is -2.43. The SMILES string of the molecule is O=C(O)CC(NC(=O)c1ccc(CCCC(=O)NC2=NCCCN2)s1)c1ccc(-c2ccccc2)cc1. The van der Waals surface area contributed by atoms with Gasteiger partial charge in [0.2, 0.25) is 5.91 Å². The average Bonchev–Trinajstić information content (AvgIpc) is 3.38. The van der Waals surface area contributed by atoms with Crippen LogP contribution in [-0.4, -0.2) is 41.9 Å². The maximum atomic E-state index is 12.9. The third kappa shape index (κ3) is 7.75. The topological polar surface area (TPSA) is 120 Å². The monoisotopic (exact) mass is 518 g/mol. The third-order valence-corrected chi connectivity index (χ3v) is 7.12. The minimum Gasteiger partial charge on any atom is -0.481 e. The molecular formula is C28H30N4O4S. The molecule has 4 rings (SSSR count). The summed E-state index contributed by atoms with van der Waals surface area (Å²) in [5.74, 6) is -0.847. The van der Waals surface area contributed by atoms with E-state index in [4.69, 9.17) is 0 Å². The highest BCUT2D eigenvalue weighted by molar-refractivity contribution is 7.14. The van der Waals surface area contributed by atoms with Crippen LogP contribution in [-0.2, 0) is 16.0 Å². The van der Waals surface area contributed by atoms with Crippen molar-refractivity contribution < 1.29 is 19.5 Å². The van der Waals surface area contributed by atoms with Crippen molar-refractivity contribution in [3.8, 4) is 11.1 Å². The number of carbonyl (C=O) groups excluding carboxylic acids is 2. The average molecular weight is 519 g/mol. The third-order valence-electron chi connectivity index (χ3n) is 5.97. The van der Waals surface area contributed by atoms with Crippen molar-refractivity contribution in [1.82, 2.24) is 16.0 Å². The largest absolute Gasteiger partial charge is 0.481 e. The van der Waals surface area contributed by atoms with Gasteiger partial charge in [-0.1, -0.05) is 54.6 Å². The van der Waals surface area contributed by atoms with E-state index < -0.39 is 12.0 Å². The van der Waals surface area contributed by atoms with Crippen LogP contribution in [0.15, 0.2) is 71.7 Å². The van der Waals surface area contributed by atoms with Gasteiger partial charge in [-0.05, 0) is 48.1 Å². The summed E-state index contributed by atoms with van der Waals surface area (Å²) >= 11 is 1.36. The van der Waals surface area contributed by atoms with Gasteiger partial charge in [-0.2, -0.15) is 0 Å². The maximum absolute atomic E-state index is 12.9. The van der Waals surface area contributed by atoms with Crippen LogP contribution < -0.4 is 16.0 Å². The number of carboxylic acid groups (broad SMARTS) is 1. The maximum Gasteiger partial charge on any atom is 0.305 e. The Labute approximate surface area is 219 Å². The number of aryl methyl sites for hydroxylation is 1. The number of guanidine groups is 1. The van der Waals surface area contributed by atoms with E-state index in [0.717, 1.165) is 41.1 Å². The molecule has 1 atom stereocenters. The van der Waals surface area contributed by atoms with Crippen LogP contribution in [0.1, 0.15) is 51.8 Å². The molecule has 2 aromatic carbocycles. The number of hydrogen-bond acceptors (Lipinski definition) is 6. The van der Waals surface area contributed by atoms with Gasteiger partial charge in [0.1, 0.15) is 0 Å². The minimum atomic E-state index is -0.989. The van der Waals surface area contributed by atoms with Crippen molar-refractivity contribution in [2.45, 2.75) is 38.1 Å². The van der Waals surface area contributed by atoms with Crippen LogP contribution in [0.3, 0.4) is 0 Å². The predicted octanol–water partition coefficient (Wildman–Crippen LogP) is 4.15. The lowest BCUT2D eigenvalue weighted by molar-refractivity contribution is -0.137. The number of nitrogens with zero attached hydrogens (tertiary/aromatic N) is 1. The number of aliphatic carboxylic acids is 1. The number of carbonyl (C=O) groups is 3. The molecule has 3 aromatic rings. The Kier molecular flexibility index (Phi) is 9.04. The van der Waals surface area contributed by atoms with E-state index in [2.05, 4.69) is 20.9 Å². The van der Waals surface area contributed by atoms with Gasteiger partial charge in [0.15, 0.2) is 5.96 Å². The van der Waals surface area contributed by atoms with E-state index in [0.29, 0.717) is 30.1 Å². The van der Waals surface area contributed by atoms with Crippen molar-refractivity contribution in [2.24, 2.45) is 4.99 Å². The number of rotatable bonds is 10. The minimum absolute atomic E-state index is 0.0857. The standard InChI is InChI=1S/C28H30N4O4S/c33-25(32-28-29-16-5-17-30-28)9-4-8-22-14-15-24(37-22)27(36)31-23(18-26(34)35)21-12-10-20(11-13-21)19-6-2-1-3-7-19/h1-3,6-7,10-15,23H,4-5,8-9,16-18H2,(H,31,36)(H,34,35)(H2,29,30,32,33). The molecular weight excluding hydrogens is 488 g/mol. The first-order valence-corrected chi connectivity index (χ1v) is 13.1. The molecule has 0 saturated carbocycles. The molecule has 1 aliphatic rings. The Bertz CT molecular complexity index is 1250. The Balaban J connectivity index is 1.32. The highest BCUT2D eigenvalue weighted by Gasteiger charge is 2.20. The number of aliphatic imine (C=N–C) groups is 1. The first-order chi connectivity index (χ1) is 18.0. The lowest BCUT2D eigenvalue weighted by Gasteiger charge is -2.17. The van der Waals surface area contributed by atoms with E-state index in [1.54, 1.807) is 6.07 Å². The van der Waals surface area contributed by atoms with Crippen LogP contribution in [0, 0.1) is 0 Å². The zero-order valence-electron chi connectivity index (χ0n) is 20.4. The fourth-order valence-electron chi connectivity index (χ4n) is 4.06. The van der Waals surface area contributed by atoms with E-state index in [-0.39, 0.29) is 18.2 Å². The summed E-state index contributed by atoms with van der Waals surface area (Å²) in [7, 11) is 0. The van der Waals surface area contributed by atoms with Crippen LogP contribution in [0.25, 0.3) is 11.1 Å². The molecule has 0 bridgehead atoms. The Hall–Kier alpha value is -3.98. The Morgan fingerprint density at radius 1 is 1.00 bits per heavy atom. The number of thiophene rings is 1. The fourth-order valence-corrected chi connectivity index (χ4v) is 5.02. The van der Waals surface area contributed by atoms with Gasteiger partial charge in [-0.25, -0.2) is 0 Å². The summed E-state index contributed by atoms with van der Waals surface area (Å²) in [6.45, 7) is 1.53. The van der Waals surface area contributed by atoms with Crippen molar-refractivity contribution >= 4 is 35.1 Å². The van der Waals surface area contributed by atoms with Gasteiger partial charge in [0.25, 0.3) is 5.91 Å². The van der Waals surface area contributed by atoms with Gasteiger partial charge >= 0.3 is 5.97 Å². The Morgan fingerprint density at radius 2 is 1.76 bits per heavy atom. The van der Waals surface area contributed by atoms with E-state index >= 15 is 0 Å². The number of hydrogen-bond donors (Lipinski definition) is 4. The van der Waals surface area contributed by atoms with Crippen LogP contribution in [0.4, 0.5) is 0 Å². The fraction of sp³-hybridized carbons (Fsp3) is 0.286. The molecule has 0 spiro atoms. The van der Waals surface area contributed by atoms with Crippen LogP contribution in [0.5, 0.6) is 0 Å². The summed E-state index contributed by atoms with van der Waals surface area (Å²) in [4.78, 5) is 42.3. The summed E-state index contributed by atoms with van der Waals surface area (Å²) in [5.41, 5.74) is 2.82. The van der Waals surface area contributed by atoms with Crippen molar-refractivity contribution in [3.05, 3.63) is 82.0 Å². The smallest absolute Gasteiger partial charge is 0.305 e. The Morgan fingerprint density at radius 3 is 2.46 bits per heavy atom. The molecule has 37 heavy (non-hydrogen) atoms. The molecule has 2 amide bonds. The molecule has 4 N–H and O–H groups in total. The zero-order valence-corrected chi connectivity index (χ0v) is 21.2. The molecule has 192 valence electrons. The van der Waals surface area contributed by atoms with Crippen molar-refractivity contribution in [1.29, 1.82) is 0 Å². The van der Waals surface area contributed by atoms with Crippen molar-refractivity contribution in [2.75, 3.05) is 13.1 Å². The second-order valence-electron chi connectivity index (χ2n) is 8.79. The first-order valence-electron chi connectivity index (χ1n) is 12.3. The quantitative estimate of drug-likeness (QED) is 0.321. The summed E-state index contributed by atoms with van der Waals surface area (Å²) in [6.07, 6.45) is 2.43. The van der Waals surface area contributed by atoms with E-state index in [9.17, 15) is 19.5 Å². The second-order valence-corrected chi connectivity index (χ2v) is 9.96. The van der Waals surface area contributed by atoms with E-state index in [1.165, 1.54) is 11.3 Å². The molecule has 0 radical (unpaired) electrons. The van der Waals surface area contributed by atoms with Gasteiger partial charge in [-0.15, -0.1) is 11.3 Å². The zero-order chi connectivity index (χ0) is 26.0. The molecule has 2 heterocycles. The molecule has 8 nitrogen and oxygen atoms in total. The highest BCUT2D eigenvalue weighted by atomic mass is 32.1. The molecule has 0 aliphatic carbocycles. The number of nitrogens with one attached hydrogen (secondary N) is 3. The first kappa shape index (κ1) is 26.1. The number of carboxylic acids is 1. The summed E-state index contributed by atoms with van der Waals surface area (Å²) in [6, 6.07) is 20.4. The molecule has 1 unspecified atom stereocenters. The summed E-state index contributed by atoms with van der Waals surface area (Å²) < 4.78 is 0. The summed E-state index contributed by atoms with van der Waals surface area (Å²) in [5, 5.41) is 18.1. The molecule has 0 saturated heterocycles. The number of benzene rings is 2. The van der Waals surface area contributed by atoms with Crippen LogP contribution in [0.2, 0.25) is 0 Å². The van der Waals surface area contributed by atoms with Gasteiger partial charge in [0, 0.05) is 24.4 Å². The van der Waals surface area contributed by atoms with Gasteiger partial charge < -0.3 is 15.7 Å². The van der Waals surface area contributed by atoms with Crippen molar-refractivity contribution in [3.63, 3.8) is 0 Å². The highest BCUT2D eigenvalue weighted by Crippen LogP contribution is 2.25. The number of amides is 2.